The second kappa shape index (κ2) is 6.91. The van der Waals surface area contributed by atoms with E-state index in [2.05, 4.69) is 4.98 Å². The average molecular weight is 326 g/mol. The quantitative estimate of drug-likeness (QED) is 0.814. The van der Waals surface area contributed by atoms with Gasteiger partial charge in [-0.2, -0.15) is 0 Å². The second-order valence-electron chi connectivity index (χ2n) is 6.13. The number of Topliss-reactive ketones (excluding diaryl/α,β-unsaturated/α-hetero) is 1. The van der Waals surface area contributed by atoms with E-state index in [1.807, 2.05) is 13.0 Å². The van der Waals surface area contributed by atoms with Crippen molar-refractivity contribution in [2.24, 2.45) is 5.92 Å². The van der Waals surface area contributed by atoms with Crippen LogP contribution in [0.15, 0.2) is 42.5 Å². The van der Waals surface area contributed by atoms with Crippen LogP contribution in [0.2, 0.25) is 0 Å². The third-order valence-corrected chi connectivity index (χ3v) is 4.32. The maximum atomic E-state index is 13.0. The lowest BCUT2D eigenvalue weighted by Crippen LogP contribution is -2.42. The van der Waals surface area contributed by atoms with E-state index >= 15 is 0 Å². The number of aromatic nitrogens is 1. The molecule has 0 aliphatic carbocycles. The molecule has 1 aliphatic heterocycles. The van der Waals surface area contributed by atoms with E-state index in [1.165, 1.54) is 24.3 Å². The monoisotopic (exact) mass is 326 g/mol. The molecule has 1 amide bonds. The number of amides is 1. The lowest BCUT2D eigenvalue weighted by atomic mass is 9.90. The van der Waals surface area contributed by atoms with Crippen LogP contribution >= 0.6 is 0 Å². The third kappa shape index (κ3) is 3.50. The second-order valence-corrected chi connectivity index (χ2v) is 6.13. The first-order valence-corrected chi connectivity index (χ1v) is 8.07. The molecule has 2 aromatic rings. The van der Waals surface area contributed by atoms with Gasteiger partial charge >= 0.3 is 0 Å². The maximum absolute atomic E-state index is 13.0. The van der Waals surface area contributed by atoms with Crippen molar-refractivity contribution in [1.82, 2.24) is 9.88 Å². The minimum Gasteiger partial charge on any atom is -0.337 e. The highest BCUT2D eigenvalue weighted by molar-refractivity contribution is 5.99. The lowest BCUT2D eigenvalue weighted by Gasteiger charge is -2.32. The van der Waals surface area contributed by atoms with E-state index in [0.717, 1.165) is 18.5 Å². The summed E-state index contributed by atoms with van der Waals surface area (Å²) >= 11 is 0. The molecule has 0 radical (unpaired) electrons. The minimum atomic E-state index is -0.363. The van der Waals surface area contributed by atoms with Gasteiger partial charge in [0, 0.05) is 30.3 Å². The Bertz CT molecular complexity index is 758. The Morgan fingerprint density at radius 2 is 1.92 bits per heavy atom. The number of pyridine rings is 1. The number of piperidine rings is 1. The van der Waals surface area contributed by atoms with Gasteiger partial charge in [-0.3, -0.25) is 9.59 Å². The smallest absolute Gasteiger partial charge is 0.272 e. The molecule has 1 atom stereocenters. The lowest BCUT2D eigenvalue weighted by molar-refractivity contribution is 0.0632. The molecule has 5 heteroatoms. The predicted molar refractivity (Wildman–Crippen MR) is 88.3 cm³/mol. The van der Waals surface area contributed by atoms with Crippen LogP contribution in [0.3, 0.4) is 0 Å². The Morgan fingerprint density at radius 1 is 1.17 bits per heavy atom. The molecule has 0 saturated carbocycles. The minimum absolute atomic E-state index is 0.0373. The molecular formula is C19H19FN2O2. The van der Waals surface area contributed by atoms with Gasteiger partial charge in [-0.25, -0.2) is 9.37 Å². The van der Waals surface area contributed by atoms with Crippen molar-refractivity contribution in [3.05, 3.63) is 65.2 Å². The molecule has 1 saturated heterocycles. The Labute approximate surface area is 140 Å². The summed E-state index contributed by atoms with van der Waals surface area (Å²) in [6.45, 7) is 2.85. The van der Waals surface area contributed by atoms with Crippen molar-refractivity contribution in [2.45, 2.75) is 19.8 Å². The first-order valence-electron chi connectivity index (χ1n) is 8.07. The van der Waals surface area contributed by atoms with Crippen LogP contribution < -0.4 is 0 Å². The fourth-order valence-electron chi connectivity index (χ4n) is 3.05. The molecule has 0 N–H and O–H groups in total. The van der Waals surface area contributed by atoms with Crippen LogP contribution in [0.25, 0.3) is 0 Å². The van der Waals surface area contributed by atoms with Gasteiger partial charge in [0.2, 0.25) is 0 Å². The standard InChI is InChI=1S/C19H19FN2O2/c1-13-4-2-6-17(21-13)19(24)22-11-3-5-15(12-22)18(23)14-7-9-16(20)10-8-14/h2,4,6-10,15H,3,5,11-12H2,1H3/t15-/m0/s1. The first-order chi connectivity index (χ1) is 11.5. The Hall–Kier alpha value is -2.56. The zero-order valence-corrected chi connectivity index (χ0v) is 13.5. The molecule has 1 aromatic heterocycles. The van der Waals surface area contributed by atoms with Crippen molar-refractivity contribution < 1.29 is 14.0 Å². The van der Waals surface area contributed by atoms with Gasteiger partial charge in [0.25, 0.3) is 5.91 Å². The molecular weight excluding hydrogens is 307 g/mol. The van der Waals surface area contributed by atoms with E-state index in [-0.39, 0.29) is 23.4 Å². The number of aryl methyl sites for hydroxylation is 1. The molecule has 24 heavy (non-hydrogen) atoms. The molecule has 3 rings (SSSR count). The summed E-state index contributed by atoms with van der Waals surface area (Å²) in [5.74, 6) is -0.796. The summed E-state index contributed by atoms with van der Waals surface area (Å²) in [6, 6.07) is 10.9. The van der Waals surface area contributed by atoms with Gasteiger partial charge in [-0.15, -0.1) is 0 Å². The number of rotatable bonds is 3. The van der Waals surface area contributed by atoms with Crippen LogP contribution in [-0.2, 0) is 0 Å². The highest BCUT2D eigenvalue weighted by Crippen LogP contribution is 2.22. The van der Waals surface area contributed by atoms with E-state index in [9.17, 15) is 14.0 Å². The number of nitrogens with zero attached hydrogens (tertiary/aromatic N) is 2. The summed E-state index contributed by atoms with van der Waals surface area (Å²) in [5, 5.41) is 0. The zero-order valence-electron chi connectivity index (χ0n) is 13.5. The number of hydrogen-bond donors (Lipinski definition) is 0. The number of ketones is 1. The van der Waals surface area contributed by atoms with E-state index in [4.69, 9.17) is 0 Å². The van der Waals surface area contributed by atoms with Crippen LogP contribution in [0.1, 0.15) is 39.4 Å². The Kier molecular flexibility index (Phi) is 4.69. The van der Waals surface area contributed by atoms with Crippen LogP contribution in [-0.4, -0.2) is 34.7 Å². The van der Waals surface area contributed by atoms with Crippen LogP contribution in [0, 0.1) is 18.7 Å². The van der Waals surface area contributed by atoms with Gasteiger partial charge in [-0.05, 0) is 56.2 Å². The summed E-state index contributed by atoms with van der Waals surface area (Å²) in [5.41, 5.74) is 1.69. The molecule has 0 unspecified atom stereocenters. The van der Waals surface area contributed by atoms with Gasteiger partial charge in [0.15, 0.2) is 5.78 Å². The van der Waals surface area contributed by atoms with Crippen molar-refractivity contribution in [2.75, 3.05) is 13.1 Å². The SMILES string of the molecule is Cc1cccc(C(=O)N2CCC[C@H](C(=O)c3ccc(F)cc3)C2)n1. The molecule has 1 aromatic carbocycles. The Balaban J connectivity index is 1.73. The summed E-state index contributed by atoms with van der Waals surface area (Å²) in [6.07, 6.45) is 1.51. The molecule has 1 aliphatic rings. The van der Waals surface area contributed by atoms with Crippen molar-refractivity contribution in [3.63, 3.8) is 0 Å². The highest BCUT2D eigenvalue weighted by Gasteiger charge is 2.29. The largest absolute Gasteiger partial charge is 0.337 e. The number of carbonyl (C=O) groups excluding carboxylic acids is 2. The number of hydrogen-bond acceptors (Lipinski definition) is 3. The fraction of sp³-hybridized carbons (Fsp3) is 0.316. The predicted octanol–water partition coefficient (Wildman–Crippen LogP) is 3.26. The van der Waals surface area contributed by atoms with Gasteiger partial charge in [0.05, 0.1) is 0 Å². The van der Waals surface area contributed by atoms with E-state index < -0.39 is 0 Å². The molecule has 124 valence electrons. The number of carbonyl (C=O) groups is 2. The molecule has 1 fully saturated rings. The van der Waals surface area contributed by atoms with Gasteiger partial charge in [-0.1, -0.05) is 6.07 Å². The third-order valence-electron chi connectivity index (χ3n) is 4.32. The van der Waals surface area contributed by atoms with Crippen LogP contribution in [0.4, 0.5) is 4.39 Å². The summed E-state index contributed by atoms with van der Waals surface area (Å²) in [7, 11) is 0. The first kappa shape index (κ1) is 16.3. The van der Waals surface area contributed by atoms with E-state index in [1.54, 1.807) is 17.0 Å². The van der Waals surface area contributed by atoms with Crippen molar-refractivity contribution in [1.29, 1.82) is 0 Å². The topological polar surface area (TPSA) is 50.3 Å². The van der Waals surface area contributed by atoms with Crippen molar-refractivity contribution >= 4 is 11.7 Å². The van der Waals surface area contributed by atoms with E-state index in [0.29, 0.717) is 24.3 Å². The molecule has 4 nitrogen and oxygen atoms in total. The van der Waals surface area contributed by atoms with Crippen LogP contribution in [0.5, 0.6) is 0 Å². The van der Waals surface area contributed by atoms with Crippen molar-refractivity contribution in [3.8, 4) is 0 Å². The zero-order chi connectivity index (χ0) is 17.1. The highest BCUT2D eigenvalue weighted by atomic mass is 19.1. The summed E-state index contributed by atoms with van der Waals surface area (Å²) in [4.78, 5) is 31.2. The fourth-order valence-corrected chi connectivity index (χ4v) is 3.05. The molecule has 0 bridgehead atoms. The average Bonchev–Trinajstić information content (AvgIpc) is 2.61. The maximum Gasteiger partial charge on any atom is 0.272 e. The number of halogens is 1. The molecule has 0 spiro atoms. The number of benzene rings is 1. The Morgan fingerprint density at radius 3 is 2.62 bits per heavy atom. The number of likely N-dealkylation sites (tertiary alicyclic amines) is 1. The normalized spacial score (nSPS) is 17.6. The van der Waals surface area contributed by atoms with Gasteiger partial charge < -0.3 is 4.90 Å². The summed E-state index contributed by atoms with van der Waals surface area (Å²) < 4.78 is 13.0. The van der Waals surface area contributed by atoms with Gasteiger partial charge in [0.1, 0.15) is 11.5 Å². The molecule has 2 heterocycles.